The fourth-order valence-corrected chi connectivity index (χ4v) is 2.99. The van der Waals surface area contributed by atoms with Crippen LogP contribution in [0.5, 0.6) is 5.75 Å². The first-order chi connectivity index (χ1) is 12.0. The quantitative estimate of drug-likeness (QED) is 0.740. The number of carboxylic acids is 1. The number of aromatic hydroxyl groups is 1. The van der Waals surface area contributed by atoms with E-state index in [2.05, 4.69) is 5.32 Å². The Morgan fingerprint density at radius 3 is 2.60 bits per heavy atom. The number of carbonyl (C=O) groups excluding carboxylic acids is 1. The number of para-hydroxylation sites is 1. The molecule has 132 valence electrons. The standard InChI is InChI=1S/C17H18N2O6/c20-13(21)9-18-16(23)14-15(22)11-7-3-4-8-12(11)19(17(14)24)25-10-5-1-2-6-10/h3-4,7-8,10,22H,1-2,5-6,9H2,(H,18,23)(H,20,21). The molecular weight excluding hydrogens is 328 g/mol. The van der Waals surface area contributed by atoms with Crippen molar-refractivity contribution in [3.63, 3.8) is 0 Å². The third-order valence-electron chi connectivity index (χ3n) is 4.20. The van der Waals surface area contributed by atoms with E-state index in [1.54, 1.807) is 24.3 Å². The van der Waals surface area contributed by atoms with Gasteiger partial charge in [-0.1, -0.05) is 12.1 Å². The molecule has 0 unspecified atom stereocenters. The van der Waals surface area contributed by atoms with Crippen LogP contribution in [0.3, 0.4) is 0 Å². The smallest absolute Gasteiger partial charge is 0.322 e. The van der Waals surface area contributed by atoms with Gasteiger partial charge in [-0.05, 0) is 37.8 Å². The predicted octanol–water partition coefficient (Wildman–Crippen LogP) is 0.893. The van der Waals surface area contributed by atoms with Gasteiger partial charge in [0, 0.05) is 5.39 Å². The van der Waals surface area contributed by atoms with Gasteiger partial charge >= 0.3 is 5.97 Å². The molecule has 2 aromatic rings. The van der Waals surface area contributed by atoms with Gasteiger partial charge in [0.2, 0.25) is 0 Å². The Morgan fingerprint density at radius 1 is 1.24 bits per heavy atom. The van der Waals surface area contributed by atoms with Gasteiger partial charge in [0.15, 0.2) is 5.56 Å². The van der Waals surface area contributed by atoms with E-state index in [0.717, 1.165) is 30.4 Å². The number of carbonyl (C=O) groups is 2. The highest BCUT2D eigenvalue weighted by Crippen LogP contribution is 2.27. The number of nitrogens with zero attached hydrogens (tertiary/aromatic N) is 1. The number of hydrogen-bond donors (Lipinski definition) is 3. The Kier molecular flexibility index (Phi) is 4.60. The molecule has 0 spiro atoms. The molecule has 3 N–H and O–H groups in total. The SMILES string of the molecule is O=C(O)CNC(=O)c1c(O)c2ccccc2n(OC2CCCC2)c1=O. The second kappa shape index (κ2) is 6.84. The summed E-state index contributed by atoms with van der Waals surface area (Å²) in [6.07, 6.45) is 3.48. The molecule has 3 rings (SSSR count). The molecule has 0 aliphatic heterocycles. The van der Waals surface area contributed by atoms with Crippen molar-refractivity contribution in [2.24, 2.45) is 0 Å². The molecule has 8 heteroatoms. The Morgan fingerprint density at radius 2 is 1.92 bits per heavy atom. The van der Waals surface area contributed by atoms with Crippen molar-refractivity contribution >= 4 is 22.8 Å². The Labute approximate surface area is 142 Å². The zero-order valence-corrected chi connectivity index (χ0v) is 13.4. The molecule has 1 heterocycles. The number of pyridine rings is 1. The summed E-state index contributed by atoms with van der Waals surface area (Å²) in [6, 6.07) is 6.53. The van der Waals surface area contributed by atoms with Crippen molar-refractivity contribution < 1.29 is 24.6 Å². The molecule has 0 bridgehead atoms. The number of hydrogen-bond acceptors (Lipinski definition) is 5. The third kappa shape index (κ3) is 3.28. The third-order valence-corrected chi connectivity index (χ3v) is 4.20. The first kappa shape index (κ1) is 16.8. The van der Waals surface area contributed by atoms with Gasteiger partial charge in [-0.15, -0.1) is 4.73 Å². The normalized spacial score (nSPS) is 14.6. The van der Waals surface area contributed by atoms with Gasteiger partial charge < -0.3 is 20.4 Å². The first-order valence-electron chi connectivity index (χ1n) is 8.03. The Balaban J connectivity index is 2.11. The highest BCUT2D eigenvalue weighted by molar-refractivity contribution is 6.02. The molecule has 0 radical (unpaired) electrons. The van der Waals surface area contributed by atoms with Crippen LogP contribution in [0.25, 0.3) is 10.9 Å². The van der Waals surface area contributed by atoms with Crippen LogP contribution >= 0.6 is 0 Å². The lowest BCUT2D eigenvalue weighted by Crippen LogP contribution is -2.39. The van der Waals surface area contributed by atoms with Crippen LogP contribution < -0.4 is 15.7 Å². The van der Waals surface area contributed by atoms with Crippen molar-refractivity contribution in [1.82, 2.24) is 10.0 Å². The zero-order chi connectivity index (χ0) is 18.0. The molecule has 1 aliphatic rings. The summed E-state index contributed by atoms with van der Waals surface area (Å²) in [5.74, 6) is -2.70. The average Bonchev–Trinajstić information content (AvgIpc) is 3.10. The summed E-state index contributed by atoms with van der Waals surface area (Å²) >= 11 is 0. The minimum absolute atomic E-state index is 0.138. The summed E-state index contributed by atoms with van der Waals surface area (Å²) in [5, 5.41) is 21.4. The maximum Gasteiger partial charge on any atom is 0.322 e. The Bertz CT molecular complexity index is 883. The van der Waals surface area contributed by atoms with Gasteiger partial charge in [0.1, 0.15) is 18.4 Å². The summed E-state index contributed by atoms with van der Waals surface area (Å²) in [7, 11) is 0. The lowest BCUT2D eigenvalue weighted by Gasteiger charge is -2.18. The van der Waals surface area contributed by atoms with Crippen molar-refractivity contribution in [1.29, 1.82) is 0 Å². The van der Waals surface area contributed by atoms with Crippen LogP contribution in [-0.4, -0.2) is 39.5 Å². The Hall–Kier alpha value is -3.03. The highest BCUT2D eigenvalue weighted by Gasteiger charge is 2.25. The van der Waals surface area contributed by atoms with Gasteiger partial charge in [-0.2, -0.15) is 0 Å². The summed E-state index contributed by atoms with van der Waals surface area (Å²) < 4.78 is 1.03. The highest BCUT2D eigenvalue weighted by atomic mass is 16.7. The predicted molar refractivity (Wildman–Crippen MR) is 88.7 cm³/mol. The van der Waals surface area contributed by atoms with Crippen molar-refractivity contribution in [2.45, 2.75) is 31.8 Å². The number of rotatable bonds is 5. The largest absolute Gasteiger partial charge is 0.506 e. The van der Waals surface area contributed by atoms with E-state index in [4.69, 9.17) is 9.94 Å². The van der Waals surface area contributed by atoms with E-state index in [-0.39, 0.29) is 11.5 Å². The molecule has 0 saturated heterocycles. The lowest BCUT2D eigenvalue weighted by molar-refractivity contribution is -0.135. The average molecular weight is 346 g/mol. The molecule has 8 nitrogen and oxygen atoms in total. The van der Waals surface area contributed by atoms with E-state index in [0.29, 0.717) is 5.52 Å². The molecule has 25 heavy (non-hydrogen) atoms. The second-order valence-electron chi connectivity index (χ2n) is 5.93. The van der Waals surface area contributed by atoms with Gasteiger partial charge in [0.25, 0.3) is 11.5 Å². The van der Waals surface area contributed by atoms with Crippen molar-refractivity contribution in [3.8, 4) is 5.75 Å². The molecule has 1 fully saturated rings. The molecule has 1 aromatic carbocycles. The number of carboxylic acid groups (broad SMARTS) is 1. The van der Waals surface area contributed by atoms with E-state index in [1.807, 2.05) is 0 Å². The van der Waals surface area contributed by atoms with E-state index < -0.39 is 35.3 Å². The maximum atomic E-state index is 12.7. The fraction of sp³-hybridized carbons (Fsp3) is 0.353. The molecule has 1 saturated carbocycles. The van der Waals surface area contributed by atoms with Gasteiger partial charge in [-0.3, -0.25) is 14.4 Å². The second-order valence-corrected chi connectivity index (χ2v) is 5.93. The number of nitrogens with one attached hydrogen (secondary N) is 1. The number of aliphatic carboxylic acids is 1. The van der Waals surface area contributed by atoms with E-state index >= 15 is 0 Å². The maximum absolute atomic E-state index is 12.7. The number of amides is 1. The van der Waals surface area contributed by atoms with Crippen LogP contribution in [-0.2, 0) is 4.79 Å². The molecular formula is C17H18N2O6. The zero-order valence-electron chi connectivity index (χ0n) is 13.4. The molecule has 1 aromatic heterocycles. The van der Waals surface area contributed by atoms with Crippen molar-refractivity contribution in [3.05, 3.63) is 40.2 Å². The monoisotopic (exact) mass is 346 g/mol. The van der Waals surface area contributed by atoms with E-state index in [1.165, 1.54) is 0 Å². The number of aromatic nitrogens is 1. The van der Waals surface area contributed by atoms with Crippen LogP contribution in [0.2, 0.25) is 0 Å². The topological polar surface area (TPSA) is 118 Å². The minimum atomic E-state index is -1.25. The number of benzene rings is 1. The van der Waals surface area contributed by atoms with Gasteiger partial charge in [-0.25, -0.2) is 0 Å². The van der Waals surface area contributed by atoms with E-state index in [9.17, 15) is 19.5 Å². The molecule has 1 amide bonds. The summed E-state index contributed by atoms with van der Waals surface area (Å²) in [5.41, 5.74) is -0.990. The fourth-order valence-electron chi connectivity index (χ4n) is 2.99. The summed E-state index contributed by atoms with van der Waals surface area (Å²) in [6.45, 7) is -0.659. The van der Waals surface area contributed by atoms with Crippen LogP contribution in [0.4, 0.5) is 0 Å². The van der Waals surface area contributed by atoms with Gasteiger partial charge in [0.05, 0.1) is 5.52 Å². The van der Waals surface area contributed by atoms with Crippen molar-refractivity contribution in [2.75, 3.05) is 6.54 Å². The van der Waals surface area contributed by atoms with Crippen LogP contribution in [0, 0.1) is 0 Å². The summed E-state index contributed by atoms with van der Waals surface area (Å²) in [4.78, 5) is 41.4. The lowest BCUT2D eigenvalue weighted by atomic mass is 10.1. The minimum Gasteiger partial charge on any atom is -0.506 e. The first-order valence-corrected chi connectivity index (χ1v) is 8.03. The van der Waals surface area contributed by atoms with Crippen LogP contribution in [0.15, 0.2) is 29.1 Å². The van der Waals surface area contributed by atoms with Crippen LogP contribution in [0.1, 0.15) is 36.0 Å². The molecule has 1 aliphatic carbocycles. The molecule has 0 atom stereocenters. The number of fused-ring (bicyclic) bond motifs is 1.